The molecule has 0 aromatic carbocycles. The summed E-state index contributed by atoms with van der Waals surface area (Å²) >= 11 is 0. The average Bonchev–Trinajstić information content (AvgIpc) is 2.37. The van der Waals surface area contributed by atoms with Gasteiger partial charge in [-0.15, -0.1) is 0 Å². The molecule has 0 radical (unpaired) electrons. The number of halogens is 1. The Kier molecular flexibility index (Phi) is 4.95. The van der Waals surface area contributed by atoms with Crippen LogP contribution in [0.25, 0.3) is 0 Å². The summed E-state index contributed by atoms with van der Waals surface area (Å²) in [4.78, 5) is 0. The third-order valence-electron chi connectivity index (χ3n) is 1.59. The second kappa shape index (κ2) is 5.19. The van der Waals surface area contributed by atoms with Gasteiger partial charge in [0.05, 0.1) is 13.1 Å². The van der Waals surface area contributed by atoms with Crippen molar-refractivity contribution in [2.45, 2.75) is 33.4 Å². The van der Waals surface area contributed by atoms with Gasteiger partial charge in [-0.2, -0.15) is 0 Å². The molecule has 0 bridgehead atoms. The van der Waals surface area contributed by atoms with Gasteiger partial charge in [0.15, 0.2) is 0 Å². The minimum absolute atomic E-state index is 0. The summed E-state index contributed by atoms with van der Waals surface area (Å²) in [5, 5.41) is 0. The van der Waals surface area contributed by atoms with Gasteiger partial charge in [-0.1, -0.05) is 6.92 Å². The molecule has 0 aliphatic heterocycles. The van der Waals surface area contributed by atoms with Gasteiger partial charge >= 0.3 is 0 Å². The van der Waals surface area contributed by atoms with Crippen LogP contribution in [0.15, 0.2) is 18.7 Å². The second-order valence-corrected chi connectivity index (χ2v) is 2.48. The Bertz CT molecular complexity index is 196. The Hall–Kier alpha value is -0.500. The van der Waals surface area contributed by atoms with Crippen LogP contribution in [0, 0.1) is 0 Å². The molecule has 3 heteroatoms. The summed E-state index contributed by atoms with van der Waals surface area (Å²) in [6, 6.07) is 0. The van der Waals surface area contributed by atoms with E-state index < -0.39 is 0 Å². The van der Waals surface area contributed by atoms with Gasteiger partial charge in [0.25, 0.3) is 0 Å². The van der Waals surface area contributed by atoms with Crippen molar-refractivity contribution in [3.8, 4) is 0 Å². The molecule has 64 valence electrons. The molecule has 0 aliphatic carbocycles. The first-order valence-electron chi connectivity index (χ1n) is 3.91. The van der Waals surface area contributed by atoms with Crippen molar-refractivity contribution in [2.24, 2.45) is 0 Å². The number of nitrogens with zero attached hydrogens (tertiary/aromatic N) is 2. The third kappa shape index (κ3) is 2.93. The minimum Gasteiger partial charge on any atom is -1.00 e. The first kappa shape index (κ1) is 10.5. The zero-order chi connectivity index (χ0) is 7.40. The highest BCUT2D eigenvalue weighted by molar-refractivity contribution is 4.64. The van der Waals surface area contributed by atoms with Crippen molar-refractivity contribution in [3.63, 3.8) is 0 Å². The highest BCUT2D eigenvalue weighted by Gasteiger charge is 1.97. The molecule has 1 aromatic rings. The van der Waals surface area contributed by atoms with Crippen LogP contribution in [0.3, 0.4) is 0 Å². The predicted molar refractivity (Wildman–Crippen MR) is 40.6 cm³/mol. The highest BCUT2D eigenvalue weighted by atomic mass is 35.5. The SMILES string of the molecule is CCC[n+]1ccn(CC)c1.[Cl-]. The average molecular weight is 175 g/mol. The van der Waals surface area contributed by atoms with E-state index in [2.05, 4.69) is 41.7 Å². The van der Waals surface area contributed by atoms with Crippen LogP contribution >= 0.6 is 0 Å². The lowest BCUT2D eigenvalue weighted by molar-refractivity contribution is -0.696. The van der Waals surface area contributed by atoms with E-state index in [4.69, 9.17) is 0 Å². The van der Waals surface area contributed by atoms with Crippen molar-refractivity contribution in [1.82, 2.24) is 4.57 Å². The van der Waals surface area contributed by atoms with E-state index in [0.717, 1.165) is 13.1 Å². The summed E-state index contributed by atoms with van der Waals surface area (Å²) in [6.45, 7) is 6.54. The highest BCUT2D eigenvalue weighted by Crippen LogP contribution is 1.83. The number of hydrogen-bond donors (Lipinski definition) is 0. The number of rotatable bonds is 3. The van der Waals surface area contributed by atoms with Crippen LogP contribution in [0.4, 0.5) is 0 Å². The predicted octanol–water partition coefficient (Wildman–Crippen LogP) is -1.79. The molecule has 0 saturated heterocycles. The molecule has 11 heavy (non-hydrogen) atoms. The van der Waals surface area contributed by atoms with Gasteiger partial charge in [-0.25, -0.2) is 9.13 Å². The van der Waals surface area contributed by atoms with E-state index in [-0.39, 0.29) is 12.4 Å². The molecule has 2 nitrogen and oxygen atoms in total. The van der Waals surface area contributed by atoms with Crippen molar-refractivity contribution < 1.29 is 17.0 Å². The van der Waals surface area contributed by atoms with Crippen LogP contribution in [0.2, 0.25) is 0 Å². The zero-order valence-electron chi connectivity index (χ0n) is 7.13. The molecule has 0 N–H and O–H groups in total. The van der Waals surface area contributed by atoms with Crippen LogP contribution in [0.1, 0.15) is 20.3 Å². The normalized spacial score (nSPS) is 9.27. The fourth-order valence-electron chi connectivity index (χ4n) is 1.02. The number of imidazole rings is 1. The molecule has 0 spiro atoms. The number of hydrogen-bond acceptors (Lipinski definition) is 0. The Labute approximate surface area is 74.3 Å². The molecular weight excluding hydrogens is 160 g/mol. The van der Waals surface area contributed by atoms with Gasteiger partial charge in [-0.3, -0.25) is 0 Å². The van der Waals surface area contributed by atoms with Gasteiger partial charge in [-0.05, 0) is 13.3 Å². The lowest BCUT2D eigenvalue weighted by atomic mass is 10.5. The molecule has 0 saturated carbocycles. The van der Waals surface area contributed by atoms with Crippen LogP contribution < -0.4 is 17.0 Å². The smallest absolute Gasteiger partial charge is 0.243 e. The molecule has 0 aliphatic rings. The summed E-state index contributed by atoms with van der Waals surface area (Å²) < 4.78 is 4.39. The van der Waals surface area contributed by atoms with Gasteiger partial charge in [0, 0.05) is 0 Å². The first-order valence-corrected chi connectivity index (χ1v) is 3.91. The maximum Gasteiger partial charge on any atom is 0.243 e. The monoisotopic (exact) mass is 174 g/mol. The van der Waals surface area contributed by atoms with Gasteiger partial charge in [0.2, 0.25) is 6.33 Å². The first-order chi connectivity index (χ1) is 4.86. The van der Waals surface area contributed by atoms with Crippen molar-refractivity contribution >= 4 is 0 Å². The minimum atomic E-state index is 0. The summed E-state index contributed by atoms with van der Waals surface area (Å²) in [6.07, 6.45) is 7.57. The maximum atomic E-state index is 2.21. The molecule has 0 atom stereocenters. The lowest BCUT2D eigenvalue weighted by Crippen LogP contribution is -3.00. The fraction of sp³-hybridized carbons (Fsp3) is 0.625. The van der Waals surface area contributed by atoms with Crippen LogP contribution in [-0.2, 0) is 13.1 Å². The molecule has 1 rings (SSSR count). The van der Waals surface area contributed by atoms with E-state index in [9.17, 15) is 0 Å². The summed E-state index contributed by atoms with van der Waals surface area (Å²) in [5.74, 6) is 0. The van der Waals surface area contributed by atoms with Gasteiger partial charge < -0.3 is 12.4 Å². The van der Waals surface area contributed by atoms with E-state index in [0.29, 0.717) is 0 Å². The number of aromatic nitrogens is 2. The molecular formula is C8H15ClN2. The topological polar surface area (TPSA) is 8.81 Å². The van der Waals surface area contributed by atoms with E-state index in [1.54, 1.807) is 0 Å². The van der Waals surface area contributed by atoms with Crippen molar-refractivity contribution in [3.05, 3.63) is 18.7 Å². The van der Waals surface area contributed by atoms with Crippen LogP contribution in [-0.4, -0.2) is 4.57 Å². The molecule has 0 amide bonds. The van der Waals surface area contributed by atoms with Crippen molar-refractivity contribution in [2.75, 3.05) is 0 Å². The Morgan fingerprint density at radius 1 is 1.36 bits per heavy atom. The fourth-order valence-corrected chi connectivity index (χ4v) is 1.02. The standard InChI is InChI=1S/C8H15N2.ClH/c1-3-5-10-7-6-9(4-2)8-10;/h6-8H,3-5H2,1-2H3;1H/q+1;/p-1. The Morgan fingerprint density at radius 3 is 2.55 bits per heavy atom. The third-order valence-corrected chi connectivity index (χ3v) is 1.59. The van der Waals surface area contributed by atoms with E-state index in [1.165, 1.54) is 6.42 Å². The molecule has 0 unspecified atom stereocenters. The summed E-state index contributed by atoms with van der Waals surface area (Å²) in [5.41, 5.74) is 0. The van der Waals surface area contributed by atoms with Crippen LogP contribution in [0.5, 0.6) is 0 Å². The van der Waals surface area contributed by atoms with Crippen molar-refractivity contribution in [1.29, 1.82) is 0 Å². The maximum absolute atomic E-state index is 2.21. The second-order valence-electron chi connectivity index (χ2n) is 2.48. The Morgan fingerprint density at radius 2 is 2.09 bits per heavy atom. The largest absolute Gasteiger partial charge is 1.00 e. The zero-order valence-corrected chi connectivity index (χ0v) is 7.88. The lowest BCUT2D eigenvalue weighted by Gasteiger charge is -1.88. The summed E-state index contributed by atoms with van der Waals surface area (Å²) in [7, 11) is 0. The quantitative estimate of drug-likeness (QED) is 0.479. The van der Waals surface area contributed by atoms with E-state index in [1.807, 2.05) is 0 Å². The van der Waals surface area contributed by atoms with Gasteiger partial charge in [0.1, 0.15) is 12.4 Å². The van der Waals surface area contributed by atoms with E-state index >= 15 is 0 Å². The molecule has 0 fully saturated rings. The number of aryl methyl sites for hydroxylation is 2. The molecule has 1 aromatic heterocycles. The Balaban J connectivity index is 0.000001000. The molecule has 1 heterocycles.